The van der Waals surface area contributed by atoms with Crippen LogP contribution in [0.15, 0.2) is 155 Å². The fourth-order valence-electron chi connectivity index (χ4n) is 6.40. The number of aromatic nitrogens is 2. The average Bonchev–Trinajstić information content (AvgIpc) is 3.25. The highest BCUT2D eigenvalue weighted by atomic mass is 16.7. The van der Waals surface area contributed by atoms with Gasteiger partial charge in [-0.25, -0.2) is 28.5 Å². The quantitative estimate of drug-likeness (QED) is 0.135. The van der Waals surface area contributed by atoms with Gasteiger partial charge in [0, 0.05) is 7.05 Å². The molecule has 2 heterocycles. The molecule has 1 aliphatic heterocycles. The van der Waals surface area contributed by atoms with Crippen molar-refractivity contribution in [1.82, 2.24) is 9.13 Å². The van der Waals surface area contributed by atoms with Gasteiger partial charge in [-0.3, -0.25) is 9.36 Å². The number of carbonyl (C=O) groups excluding carboxylic acids is 4. The van der Waals surface area contributed by atoms with Gasteiger partial charge in [0.2, 0.25) is 0 Å². The fourth-order valence-corrected chi connectivity index (χ4v) is 6.40. The number of rotatable bonds is 10. The van der Waals surface area contributed by atoms with E-state index in [1.807, 2.05) is 0 Å². The van der Waals surface area contributed by atoms with Gasteiger partial charge in [-0.1, -0.05) is 84.9 Å². The van der Waals surface area contributed by atoms with E-state index in [9.17, 15) is 28.8 Å². The summed E-state index contributed by atoms with van der Waals surface area (Å²) in [5.41, 5.74) is -0.908. The standard InChI is InChI=1S/C43H34N2O11/c1-44-32-25-15-14-24-31(32)37(46)45(43(44)51)38-36(56-42(50)30-22-12-5-13-23-30)35(55-41(49)29-20-10-4-11-21-29)34(54-40(48)28-18-8-3-9-19-28)33(53-38)26-52-39(47)27-16-6-2-7-17-27/h2-25,33-36,38H,26H2,1H3/t33-,34-,35+,36-,38-/m1/s1. The van der Waals surface area contributed by atoms with Crippen LogP contribution in [0.1, 0.15) is 47.7 Å². The highest BCUT2D eigenvalue weighted by molar-refractivity contribution is 5.91. The smallest absolute Gasteiger partial charge is 0.338 e. The molecule has 1 aromatic heterocycles. The maximum absolute atomic E-state index is 14.3. The van der Waals surface area contributed by atoms with E-state index in [-0.39, 0.29) is 27.6 Å². The maximum atomic E-state index is 14.3. The van der Waals surface area contributed by atoms with Crippen molar-refractivity contribution in [3.8, 4) is 0 Å². The highest BCUT2D eigenvalue weighted by Crippen LogP contribution is 2.35. The van der Waals surface area contributed by atoms with Crippen LogP contribution in [0.5, 0.6) is 0 Å². The predicted octanol–water partition coefficient (Wildman–Crippen LogP) is 5.13. The molecule has 6 aromatic rings. The van der Waals surface area contributed by atoms with Crippen molar-refractivity contribution >= 4 is 34.8 Å². The number of benzene rings is 5. The van der Waals surface area contributed by atoms with Crippen LogP contribution >= 0.6 is 0 Å². The van der Waals surface area contributed by atoms with Crippen molar-refractivity contribution in [1.29, 1.82) is 0 Å². The molecule has 0 aliphatic carbocycles. The SMILES string of the molecule is Cn1c(=O)n([C@@H]2O[C@H](COC(=O)c3ccccc3)[C@@H](OC(=O)c3ccccc3)[C@H](OC(=O)c3ccccc3)[C@H]2OC(=O)c2ccccc2)c(=O)c2ccccc21. The number of hydrogen-bond acceptors (Lipinski definition) is 11. The van der Waals surface area contributed by atoms with E-state index in [0.717, 1.165) is 4.57 Å². The minimum atomic E-state index is -1.82. The molecule has 0 radical (unpaired) electrons. The number of fused-ring (bicyclic) bond motifs is 1. The van der Waals surface area contributed by atoms with Crippen LogP contribution in [0.4, 0.5) is 0 Å². The van der Waals surface area contributed by atoms with Crippen molar-refractivity contribution in [3.05, 3.63) is 189 Å². The molecule has 13 heteroatoms. The van der Waals surface area contributed by atoms with Gasteiger partial charge in [0.05, 0.1) is 33.2 Å². The third kappa shape index (κ3) is 7.74. The number of aryl methyl sites for hydroxylation is 1. The van der Waals surface area contributed by atoms with E-state index in [1.165, 1.54) is 66.2 Å². The van der Waals surface area contributed by atoms with Crippen LogP contribution in [-0.2, 0) is 30.7 Å². The normalized spacial score (nSPS) is 19.1. The predicted molar refractivity (Wildman–Crippen MR) is 201 cm³/mol. The largest absolute Gasteiger partial charge is 0.459 e. The van der Waals surface area contributed by atoms with Gasteiger partial charge in [-0.05, 0) is 60.7 Å². The van der Waals surface area contributed by atoms with Crippen LogP contribution in [0.3, 0.4) is 0 Å². The fraction of sp³-hybridized carbons (Fsp3) is 0.163. The second-order valence-corrected chi connectivity index (χ2v) is 12.8. The van der Waals surface area contributed by atoms with E-state index >= 15 is 0 Å². The van der Waals surface area contributed by atoms with Crippen molar-refractivity contribution in [2.24, 2.45) is 7.05 Å². The molecule has 7 rings (SSSR count). The van der Waals surface area contributed by atoms with Gasteiger partial charge in [0.25, 0.3) is 5.56 Å². The first-order valence-corrected chi connectivity index (χ1v) is 17.6. The lowest BCUT2D eigenvalue weighted by atomic mass is 9.96. The summed E-state index contributed by atoms with van der Waals surface area (Å²) in [5.74, 6) is -3.51. The van der Waals surface area contributed by atoms with Crippen LogP contribution < -0.4 is 11.2 Å². The summed E-state index contributed by atoms with van der Waals surface area (Å²) in [5, 5.41) is 0.119. The Morgan fingerprint density at radius 1 is 0.536 bits per heavy atom. The first-order valence-electron chi connectivity index (χ1n) is 17.6. The number of nitrogens with zero attached hydrogens (tertiary/aromatic N) is 2. The van der Waals surface area contributed by atoms with Gasteiger partial charge in [-0.2, -0.15) is 0 Å². The molecule has 1 saturated heterocycles. The maximum Gasteiger partial charge on any atom is 0.338 e. The Bertz CT molecular complexity index is 2490. The van der Waals surface area contributed by atoms with E-state index in [4.69, 9.17) is 23.7 Å². The second kappa shape index (κ2) is 16.5. The number of para-hydroxylation sites is 1. The van der Waals surface area contributed by atoms with Crippen molar-refractivity contribution in [3.63, 3.8) is 0 Å². The first-order chi connectivity index (χ1) is 27.2. The molecule has 13 nitrogen and oxygen atoms in total. The second-order valence-electron chi connectivity index (χ2n) is 12.8. The summed E-state index contributed by atoms with van der Waals surface area (Å²) in [6.45, 7) is -0.627. The Kier molecular flexibility index (Phi) is 11.0. The van der Waals surface area contributed by atoms with Crippen LogP contribution in [0.25, 0.3) is 10.9 Å². The number of ether oxygens (including phenoxy) is 5. The average molecular weight is 755 g/mol. The third-order valence-corrected chi connectivity index (χ3v) is 9.22. The molecule has 56 heavy (non-hydrogen) atoms. The molecule has 1 fully saturated rings. The van der Waals surface area contributed by atoms with Crippen LogP contribution in [-0.4, -0.2) is 64.0 Å². The van der Waals surface area contributed by atoms with E-state index in [2.05, 4.69) is 0 Å². The molecule has 0 saturated carbocycles. The van der Waals surface area contributed by atoms with Gasteiger partial charge >= 0.3 is 29.6 Å². The van der Waals surface area contributed by atoms with Crippen molar-refractivity contribution in [2.45, 2.75) is 30.6 Å². The summed E-state index contributed by atoms with van der Waals surface area (Å²) in [6.07, 6.45) is -8.55. The molecule has 0 spiro atoms. The zero-order valence-electron chi connectivity index (χ0n) is 29.8. The lowest BCUT2D eigenvalue weighted by molar-refractivity contribution is -0.251. The van der Waals surface area contributed by atoms with Crippen LogP contribution in [0.2, 0.25) is 0 Å². The Hall–Kier alpha value is -7.12. The molecular weight excluding hydrogens is 720 g/mol. The third-order valence-electron chi connectivity index (χ3n) is 9.22. The molecule has 0 unspecified atom stereocenters. The monoisotopic (exact) mass is 754 g/mol. The summed E-state index contributed by atoms with van der Waals surface area (Å²) in [4.78, 5) is 83.3. The topological polar surface area (TPSA) is 158 Å². The van der Waals surface area contributed by atoms with E-state index < -0.39 is 72.4 Å². The molecule has 5 aromatic carbocycles. The lowest BCUT2D eigenvalue weighted by Gasteiger charge is -2.44. The van der Waals surface area contributed by atoms with Crippen molar-refractivity contribution < 1.29 is 42.9 Å². The van der Waals surface area contributed by atoms with E-state index in [0.29, 0.717) is 5.52 Å². The molecule has 0 N–H and O–H groups in total. The minimum Gasteiger partial charge on any atom is -0.459 e. The molecule has 0 amide bonds. The van der Waals surface area contributed by atoms with Gasteiger partial charge in [-0.15, -0.1) is 0 Å². The van der Waals surface area contributed by atoms with E-state index in [1.54, 1.807) is 91.0 Å². The zero-order valence-corrected chi connectivity index (χ0v) is 29.8. The van der Waals surface area contributed by atoms with Crippen LogP contribution in [0, 0.1) is 0 Å². The number of esters is 4. The summed E-state index contributed by atoms with van der Waals surface area (Å²) in [6, 6.07) is 38.1. The molecular formula is C43H34N2O11. The van der Waals surface area contributed by atoms with Crippen molar-refractivity contribution in [2.75, 3.05) is 6.61 Å². The van der Waals surface area contributed by atoms with Gasteiger partial charge < -0.3 is 23.7 Å². The summed E-state index contributed by atoms with van der Waals surface area (Å²) in [7, 11) is 1.45. The highest BCUT2D eigenvalue weighted by Gasteiger charge is 2.54. The zero-order chi connectivity index (χ0) is 39.2. The summed E-state index contributed by atoms with van der Waals surface area (Å²) >= 11 is 0. The van der Waals surface area contributed by atoms with Gasteiger partial charge in [0.1, 0.15) is 12.7 Å². The number of hydrogen-bond donors (Lipinski definition) is 0. The Labute approximate surface area is 319 Å². The Morgan fingerprint density at radius 3 is 1.45 bits per heavy atom. The lowest BCUT2D eigenvalue weighted by Crippen LogP contribution is -2.63. The molecule has 282 valence electrons. The van der Waals surface area contributed by atoms with Gasteiger partial charge in [0.15, 0.2) is 24.5 Å². The molecule has 5 atom stereocenters. The Morgan fingerprint density at radius 2 is 0.946 bits per heavy atom. The summed E-state index contributed by atoms with van der Waals surface area (Å²) < 4.78 is 32.3. The first kappa shape index (κ1) is 37.2. The minimum absolute atomic E-state index is 0.0786. The molecule has 1 aliphatic rings. The Balaban J connectivity index is 1.40. The molecule has 0 bridgehead atoms. The number of carbonyl (C=O) groups is 4.